The highest BCUT2D eigenvalue weighted by molar-refractivity contribution is 5.83. The second-order valence-corrected chi connectivity index (χ2v) is 7.08. The van der Waals surface area contributed by atoms with Crippen LogP contribution in [0.15, 0.2) is 18.3 Å². The summed E-state index contributed by atoms with van der Waals surface area (Å²) in [6, 6.07) is 5.27. The first kappa shape index (κ1) is 18.7. The van der Waals surface area contributed by atoms with Gasteiger partial charge in [0.1, 0.15) is 17.4 Å². The van der Waals surface area contributed by atoms with Crippen LogP contribution in [0.1, 0.15) is 44.9 Å². The molecule has 0 N–H and O–H groups in total. The van der Waals surface area contributed by atoms with E-state index < -0.39 is 11.0 Å². The van der Waals surface area contributed by atoms with E-state index in [0.717, 1.165) is 0 Å². The van der Waals surface area contributed by atoms with Gasteiger partial charge in [0.25, 0.3) is 0 Å². The quantitative estimate of drug-likeness (QED) is 0.764. The van der Waals surface area contributed by atoms with E-state index in [-0.39, 0.29) is 17.8 Å². The highest BCUT2D eigenvalue weighted by Crippen LogP contribution is 2.37. The Balaban J connectivity index is 2.20. The van der Waals surface area contributed by atoms with Crippen molar-refractivity contribution in [1.82, 2.24) is 9.88 Å². The Hall–Kier alpha value is -2.62. The number of methoxy groups -OCH3 is 1. The first-order chi connectivity index (χ1) is 11.7. The molecular formula is C18H23N3O4. The molecule has 1 aromatic rings. The summed E-state index contributed by atoms with van der Waals surface area (Å²) in [5, 5.41) is 8.88. The topological polar surface area (TPSA) is 92.5 Å². The number of nitriles is 1. The van der Waals surface area contributed by atoms with Gasteiger partial charge in [0.15, 0.2) is 0 Å². The number of piperidine rings is 1. The van der Waals surface area contributed by atoms with Gasteiger partial charge in [-0.15, -0.1) is 0 Å². The van der Waals surface area contributed by atoms with Crippen molar-refractivity contribution < 1.29 is 19.1 Å². The molecule has 0 bridgehead atoms. The minimum atomic E-state index is -0.867. The van der Waals surface area contributed by atoms with Crippen LogP contribution in [0.3, 0.4) is 0 Å². The SMILES string of the molecule is COC(=O)C1(c2ccc(C#N)nc2)CCN(C(=O)OC(C)(C)C)CC1. The van der Waals surface area contributed by atoms with E-state index in [4.69, 9.17) is 14.7 Å². The van der Waals surface area contributed by atoms with E-state index in [1.54, 1.807) is 23.2 Å². The highest BCUT2D eigenvalue weighted by Gasteiger charge is 2.45. The van der Waals surface area contributed by atoms with Crippen molar-refractivity contribution in [3.8, 4) is 6.07 Å². The average Bonchev–Trinajstić information content (AvgIpc) is 2.59. The predicted octanol–water partition coefficient (Wildman–Crippen LogP) is 2.39. The van der Waals surface area contributed by atoms with Crippen molar-refractivity contribution in [2.75, 3.05) is 20.2 Å². The third-order valence-electron chi connectivity index (χ3n) is 4.28. The zero-order valence-electron chi connectivity index (χ0n) is 15.0. The highest BCUT2D eigenvalue weighted by atomic mass is 16.6. The smallest absolute Gasteiger partial charge is 0.410 e. The largest absolute Gasteiger partial charge is 0.468 e. The lowest BCUT2D eigenvalue weighted by atomic mass is 9.73. The molecule has 7 nitrogen and oxygen atoms in total. The van der Waals surface area contributed by atoms with Crippen LogP contribution < -0.4 is 0 Å². The number of aromatic nitrogens is 1. The van der Waals surface area contributed by atoms with Gasteiger partial charge < -0.3 is 14.4 Å². The molecule has 25 heavy (non-hydrogen) atoms. The normalized spacial score (nSPS) is 16.7. The molecule has 7 heteroatoms. The molecule has 2 heterocycles. The number of amides is 1. The number of carbonyl (C=O) groups is 2. The lowest BCUT2D eigenvalue weighted by Crippen LogP contribution is -2.50. The summed E-state index contributed by atoms with van der Waals surface area (Å²) >= 11 is 0. The molecule has 0 aliphatic carbocycles. The molecular weight excluding hydrogens is 322 g/mol. The van der Waals surface area contributed by atoms with Gasteiger partial charge in [0, 0.05) is 19.3 Å². The van der Waals surface area contributed by atoms with Crippen molar-refractivity contribution in [3.63, 3.8) is 0 Å². The molecule has 0 saturated carbocycles. The Morgan fingerprint density at radius 1 is 1.28 bits per heavy atom. The van der Waals surface area contributed by atoms with Crippen molar-refractivity contribution in [1.29, 1.82) is 5.26 Å². The molecule has 1 amide bonds. The molecule has 2 rings (SSSR count). The van der Waals surface area contributed by atoms with E-state index in [1.165, 1.54) is 7.11 Å². The lowest BCUT2D eigenvalue weighted by molar-refractivity contribution is -0.149. The average molecular weight is 345 g/mol. The zero-order valence-corrected chi connectivity index (χ0v) is 15.0. The van der Waals surface area contributed by atoms with Crippen LogP contribution in [0.5, 0.6) is 0 Å². The minimum absolute atomic E-state index is 0.287. The van der Waals surface area contributed by atoms with E-state index in [0.29, 0.717) is 31.5 Å². The number of pyridine rings is 1. The molecule has 1 aromatic heterocycles. The van der Waals surface area contributed by atoms with Crippen LogP contribution in [0.2, 0.25) is 0 Å². The number of likely N-dealkylation sites (tertiary alicyclic amines) is 1. The van der Waals surface area contributed by atoms with Gasteiger partial charge in [-0.05, 0) is 45.2 Å². The van der Waals surface area contributed by atoms with Gasteiger partial charge in [0.2, 0.25) is 0 Å². The van der Waals surface area contributed by atoms with Crippen LogP contribution >= 0.6 is 0 Å². The Morgan fingerprint density at radius 3 is 2.36 bits per heavy atom. The van der Waals surface area contributed by atoms with Gasteiger partial charge in [-0.2, -0.15) is 5.26 Å². The number of rotatable bonds is 2. The van der Waals surface area contributed by atoms with E-state index >= 15 is 0 Å². The molecule has 1 saturated heterocycles. The fourth-order valence-electron chi connectivity index (χ4n) is 2.95. The second kappa shape index (κ2) is 7.09. The lowest BCUT2D eigenvalue weighted by Gasteiger charge is -2.40. The summed E-state index contributed by atoms with van der Waals surface area (Å²) in [7, 11) is 1.35. The van der Waals surface area contributed by atoms with E-state index in [9.17, 15) is 9.59 Å². The number of carbonyl (C=O) groups excluding carboxylic acids is 2. The Labute approximate surface area is 147 Å². The summed E-state index contributed by atoms with van der Waals surface area (Å²) in [6.07, 6.45) is 1.97. The van der Waals surface area contributed by atoms with Crippen molar-refractivity contribution in [3.05, 3.63) is 29.6 Å². The van der Waals surface area contributed by atoms with Crippen LogP contribution in [-0.2, 0) is 19.7 Å². The number of hydrogen-bond acceptors (Lipinski definition) is 6. The number of esters is 1. The van der Waals surface area contributed by atoms with Crippen molar-refractivity contribution in [2.45, 2.75) is 44.6 Å². The maximum absolute atomic E-state index is 12.5. The molecule has 1 aliphatic rings. The molecule has 0 radical (unpaired) electrons. The number of ether oxygens (including phenoxy) is 2. The van der Waals surface area contributed by atoms with Gasteiger partial charge >= 0.3 is 12.1 Å². The molecule has 0 unspecified atom stereocenters. The number of hydrogen-bond donors (Lipinski definition) is 0. The van der Waals surface area contributed by atoms with Gasteiger partial charge in [0.05, 0.1) is 12.5 Å². The molecule has 0 atom stereocenters. The molecule has 134 valence electrons. The first-order valence-electron chi connectivity index (χ1n) is 8.15. The molecule has 0 aromatic carbocycles. The Kier molecular flexibility index (Phi) is 5.31. The van der Waals surface area contributed by atoms with Gasteiger partial charge in [-0.25, -0.2) is 9.78 Å². The van der Waals surface area contributed by atoms with Crippen LogP contribution in [0.4, 0.5) is 4.79 Å². The third kappa shape index (κ3) is 4.08. The first-order valence-corrected chi connectivity index (χ1v) is 8.15. The van der Waals surface area contributed by atoms with Crippen molar-refractivity contribution >= 4 is 12.1 Å². The summed E-state index contributed by atoms with van der Waals surface area (Å²) in [5.41, 5.74) is -0.448. The summed E-state index contributed by atoms with van der Waals surface area (Å²) in [6.45, 7) is 6.20. The van der Waals surface area contributed by atoms with Gasteiger partial charge in [-0.1, -0.05) is 6.07 Å². The summed E-state index contributed by atoms with van der Waals surface area (Å²) in [5.74, 6) is -0.358. The number of nitrogens with zero attached hydrogens (tertiary/aromatic N) is 3. The fourth-order valence-corrected chi connectivity index (χ4v) is 2.95. The fraction of sp³-hybridized carbons (Fsp3) is 0.556. The second-order valence-electron chi connectivity index (χ2n) is 7.08. The maximum Gasteiger partial charge on any atom is 0.410 e. The zero-order chi connectivity index (χ0) is 18.7. The van der Waals surface area contributed by atoms with Crippen LogP contribution in [-0.4, -0.2) is 47.7 Å². The monoisotopic (exact) mass is 345 g/mol. The van der Waals surface area contributed by atoms with Gasteiger partial charge in [-0.3, -0.25) is 4.79 Å². The molecule has 1 aliphatic heterocycles. The van der Waals surface area contributed by atoms with Crippen LogP contribution in [0.25, 0.3) is 0 Å². The minimum Gasteiger partial charge on any atom is -0.468 e. The van der Waals surface area contributed by atoms with E-state index in [1.807, 2.05) is 26.8 Å². The van der Waals surface area contributed by atoms with Crippen LogP contribution in [0, 0.1) is 11.3 Å². The summed E-state index contributed by atoms with van der Waals surface area (Å²) < 4.78 is 10.4. The standard InChI is InChI=1S/C18H23N3O4/c1-17(2,3)25-16(23)21-9-7-18(8-10-21,15(22)24-4)13-5-6-14(11-19)20-12-13/h5-6,12H,7-10H2,1-4H3. The predicted molar refractivity (Wildman–Crippen MR) is 89.7 cm³/mol. The van der Waals surface area contributed by atoms with E-state index in [2.05, 4.69) is 4.98 Å². The molecule has 1 fully saturated rings. The third-order valence-corrected chi connectivity index (χ3v) is 4.28. The molecule has 0 spiro atoms. The Morgan fingerprint density at radius 2 is 1.92 bits per heavy atom. The summed E-state index contributed by atoms with van der Waals surface area (Å²) in [4.78, 5) is 30.4. The van der Waals surface area contributed by atoms with Crippen molar-refractivity contribution in [2.24, 2.45) is 0 Å². The Bertz CT molecular complexity index is 678. The maximum atomic E-state index is 12.5.